The van der Waals surface area contributed by atoms with Crippen LogP contribution in [0.15, 0.2) is 34.7 Å². The fourth-order valence-corrected chi connectivity index (χ4v) is 1.95. The molecule has 0 saturated heterocycles. The monoisotopic (exact) mass is 279 g/mol. The number of rotatable bonds is 5. The van der Waals surface area contributed by atoms with E-state index in [1.54, 1.807) is 0 Å². The number of benzene rings is 1. The Balaban J connectivity index is 1.99. The minimum atomic E-state index is 0.113. The van der Waals surface area contributed by atoms with Gasteiger partial charge in [-0.25, -0.2) is 0 Å². The fourth-order valence-electron chi connectivity index (χ4n) is 1.73. The normalized spacial score (nSPS) is 10.8. The van der Waals surface area contributed by atoms with Gasteiger partial charge in [-0.05, 0) is 51.1 Å². The van der Waals surface area contributed by atoms with E-state index in [2.05, 4.69) is 5.32 Å². The van der Waals surface area contributed by atoms with Crippen LogP contribution in [0.1, 0.15) is 25.4 Å². The van der Waals surface area contributed by atoms with E-state index in [1.807, 2.05) is 51.1 Å². The number of anilines is 1. The minimum Gasteiger partial charge on any atom is -0.489 e. The Morgan fingerprint density at radius 2 is 2.05 bits per heavy atom. The molecule has 0 radical (unpaired) electrons. The van der Waals surface area contributed by atoms with E-state index in [-0.39, 0.29) is 6.10 Å². The third kappa shape index (κ3) is 3.93. The van der Waals surface area contributed by atoms with Gasteiger partial charge in [-0.2, -0.15) is 0 Å². The van der Waals surface area contributed by atoms with Crippen molar-refractivity contribution in [1.82, 2.24) is 0 Å². The third-order valence-electron chi connectivity index (χ3n) is 2.56. The molecule has 0 aliphatic carbocycles. The maximum Gasteiger partial charge on any atom is 0.138 e. The Morgan fingerprint density at radius 3 is 2.63 bits per heavy atom. The molecule has 102 valence electrons. The summed E-state index contributed by atoms with van der Waals surface area (Å²) in [5.41, 5.74) is 0.940. The van der Waals surface area contributed by atoms with Gasteiger partial charge >= 0.3 is 0 Å². The summed E-state index contributed by atoms with van der Waals surface area (Å²) in [4.78, 5) is 0. The molecule has 0 saturated carbocycles. The lowest BCUT2D eigenvalue weighted by molar-refractivity contribution is 0.242. The van der Waals surface area contributed by atoms with E-state index < -0.39 is 0 Å². The first kappa shape index (κ1) is 13.8. The molecule has 2 rings (SSSR count). The lowest BCUT2D eigenvalue weighted by Crippen LogP contribution is -2.06. The lowest BCUT2D eigenvalue weighted by Gasteiger charge is -2.12. The molecule has 0 aliphatic heterocycles. The van der Waals surface area contributed by atoms with Gasteiger partial charge in [0.1, 0.15) is 17.3 Å². The molecule has 0 amide bonds. The summed E-state index contributed by atoms with van der Waals surface area (Å²) in [6, 6.07) is 9.58. The van der Waals surface area contributed by atoms with E-state index in [1.165, 1.54) is 0 Å². The predicted octanol–water partition coefficient (Wildman–Crippen LogP) is 4.64. The number of halogens is 1. The van der Waals surface area contributed by atoms with Crippen molar-refractivity contribution in [2.24, 2.45) is 0 Å². The van der Waals surface area contributed by atoms with Gasteiger partial charge in [0.15, 0.2) is 0 Å². The molecule has 4 heteroatoms. The van der Waals surface area contributed by atoms with E-state index in [9.17, 15) is 0 Å². The van der Waals surface area contributed by atoms with Gasteiger partial charge in [0.05, 0.1) is 17.7 Å². The van der Waals surface area contributed by atoms with Crippen LogP contribution in [0.5, 0.6) is 5.75 Å². The highest BCUT2D eigenvalue weighted by Crippen LogP contribution is 2.28. The number of ether oxygens (including phenoxy) is 1. The van der Waals surface area contributed by atoms with Crippen LogP contribution in [-0.4, -0.2) is 6.10 Å². The first-order chi connectivity index (χ1) is 9.04. The minimum absolute atomic E-state index is 0.113. The van der Waals surface area contributed by atoms with Gasteiger partial charge < -0.3 is 14.5 Å². The maximum atomic E-state index is 6.17. The van der Waals surface area contributed by atoms with E-state index in [0.717, 1.165) is 17.2 Å². The molecular weight excluding hydrogens is 262 g/mol. The smallest absolute Gasteiger partial charge is 0.138 e. The van der Waals surface area contributed by atoms with E-state index in [4.69, 9.17) is 20.8 Å². The van der Waals surface area contributed by atoms with Crippen molar-refractivity contribution >= 4 is 17.3 Å². The largest absolute Gasteiger partial charge is 0.489 e. The maximum absolute atomic E-state index is 6.17. The summed E-state index contributed by atoms with van der Waals surface area (Å²) in [5, 5.41) is 3.87. The highest BCUT2D eigenvalue weighted by atomic mass is 35.5. The average Bonchev–Trinajstić information content (AvgIpc) is 2.75. The fraction of sp³-hybridized carbons (Fsp3) is 0.333. The molecule has 1 N–H and O–H groups in total. The number of hydrogen-bond donors (Lipinski definition) is 1. The molecular formula is C15H18ClNO2. The number of aryl methyl sites for hydroxylation is 1. The second kappa shape index (κ2) is 6.02. The molecule has 3 nitrogen and oxygen atoms in total. The molecule has 0 unspecified atom stereocenters. The topological polar surface area (TPSA) is 34.4 Å². The van der Waals surface area contributed by atoms with Crippen molar-refractivity contribution in [2.75, 3.05) is 5.32 Å². The molecule has 0 fully saturated rings. The van der Waals surface area contributed by atoms with Gasteiger partial charge in [0.25, 0.3) is 0 Å². The van der Waals surface area contributed by atoms with Crippen molar-refractivity contribution in [3.63, 3.8) is 0 Å². The summed E-state index contributed by atoms with van der Waals surface area (Å²) in [7, 11) is 0. The highest BCUT2D eigenvalue weighted by molar-refractivity contribution is 6.32. The third-order valence-corrected chi connectivity index (χ3v) is 2.85. The van der Waals surface area contributed by atoms with Crippen LogP contribution in [0.4, 0.5) is 5.69 Å². The molecule has 1 aromatic heterocycles. The first-order valence-electron chi connectivity index (χ1n) is 6.30. The van der Waals surface area contributed by atoms with E-state index >= 15 is 0 Å². The van der Waals surface area contributed by atoms with Crippen molar-refractivity contribution < 1.29 is 9.15 Å². The van der Waals surface area contributed by atoms with Crippen molar-refractivity contribution in [3.8, 4) is 5.75 Å². The van der Waals surface area contributed by atoms with Crippen LogP contribution in [0, 0.1) is 6.92 Å². The zero-order chi connectivity index (χ0) is 13.8. The van der Waals surface area contributed by atoms with Crippen molar-refractivity contribution in [3.05, 3.63) is 46.9 Å². The van der Waals surface area contributed by atoms with Crippen LogP contribution >= 0.6 is 11.6 Å². The van der Waals surface area contributed by atoms with Gasteiger partial charge in [-0.15, -0.1) is 0 Å². The molecule has 0 bridgehead atoms. The summed E-state index contributed by atoms with van der Waals surface area (Å²) in [6.45, 7) is 6.51. The number of hydrogen-bond acceptors (Lipinski definition) is 3. The average molecular weight is 280 g/mol. The Morgan fingerprint density at radius 1 is 1.26 bits per heavy atom. The summed E-state index contributed by atoms with van der Waals surface area (Å²) >= 11 is 6.17. The van der Waals surface area contributed by atoms with E-state index in [0.29, 0.717) is 17.3 Å². The van der Waals surface area contributed by atoms with Gasteiger partial charge in [0, 0.05) is 5.69 Å². The van der Waals surface area contributed by atoms with Crippen LogP contribution < -0.4 is 10.1 Å². The summed E-state index contributed by atoms with van der Waals surface area (Å²) in [6.07, 6.45) is 0.113. The number of nitrogens with one attached hydrogen (secondary N) is 1. The zero-order valence-electron chi connectivity index (χ0n) is 11.4. The molecule has 1 aromatic carbocycles. The van der Waals surface area contributed by atoms with Crippen LogP contribution in [-0.2, 0) is 6.54 Å². The lowest BCUT2D eigenvalue weighted by atomic mass is 10.3. The second-order valence-electron chi connectivity index (χ2n) is 4.68. The molecule has 0 aliphatic rings. The molecule has 1 heterocycles. The SMILES string of the molecule is Cc1ccc(CNc2ccc(OC(C)C)c(Cl)c2)o1. The highest BCUT2D eigenvalue weighted by Gasteiger charge is 2.05. The summed E-state index contributed by atoms with van der Waals surface area (Å²) in [5.74, 6) is 2.52. The standard InChI is InChI=1S/C15H18ClNO2/c1-10(2)18-15-7-5-12(8-14(15)16)17-9-13-6-4-11(3)19-13/h4-8,10,17H,9H2,1-3H3. The first-order valence-corrected chi connectivity index (χ1v) is 6.68. The zero-order valence-corrected chi connectivity index (χ0v) is 12.1. The van der Waals surface area contributed by atoms with Gasteiger partial charge in [0.2, 0.25) is 0 Å². The summed E-state index contributed by atoms with van der Waals surface area (Å²) < 4.78 is 11.1. The van der Waals surface area contributed by atoms with Crippen LogP contribution in [0.2, 0.25) is 5.02 Å². The quantitative estimate of drug-likeness (QED) is 0.866. The molecule has 0 spiro atoms. The van der Waals surface area contributed by atoms with Crippen molar-refractivity contribution in [2.45, 2.75) is 33.4 Å². The van der Waals surface area contributed by atoms with Gasteiger partial charge in [-0.1, -0.05) is 11.6 Å². The predicted molar refractivity (Wildman–Crippen MR) is 78.0 cm³/mol. The van der Waals surface area contributed by atoms with Crippen LogP contribution in [0.3, 0.4) is 0 Å². The Kier molecular flexibility index (Phi) is 4.38. The Bertz CT molecular complexity index is 549. The second-order valence-corrected chi connectivity index (χ2v) is 5.08. The molecule has 2 aromatic rings. The Labute approximate surface area is 118 Å². The number of furan rings is 1. The van der Waals surface area contributed by atoms with Gasteiger partial charge in [-0.3, -0.25) is 0 Å². The van der Waals surface area contributed by atoms with Crippen LogP contribution in [0.25, 0.3) is 0 Å². The molecule has 0 atom stereocenters. The van der Waals surface area contributed by atoms with Crippen molar-refractivity contribution in [1.29, 1.82) is 0 Å². The Hall–Kier alpha value is -1.61. The molecule has 19 heavy (non-hydrogen) atoms.